The van der Waals surface area contributed by atoms with Gasteiger partial charge in [0.25, 0.3) is 5.91 Å². The molecule has 29 heavy (non-hydrogen) atoms. The molecule has 0 spiro atoms. The Balaban J connectivity index is 1.86. The van der Waals surface area contributed by atoms with Crippen LogP contribution in [0.5, 0.6) is 11.5 Å². The van der Waals surface area contributed by atoms with Crippen molar-refractivity contribution < 1.29 is 19.1 Å². The molecule has 0 atom stereocenters. The summed E-state index contributed by atoms with van der Waals surface area (Å²) in [6.07, 6.45) is 0.775. The highest BCUT2D eigenvalue weighted by molar-refractivity contribution is 5.97. The van der Waals surface area contributed by atoms with Crippen molar-refractivity contribution in [2.45, 2.75) is 13.3 Å². The summed E-state index contributed by atoms with van der Waals surface area (Å²) in [5, 5.41) is 5.59. The molecule has 2 amide bonds. The Hall–Kier alpha value is -3.06. The lowest BCUT2D eigenvalue weighted by Gasteiger charge is -2.17. The lowest BCUT2D eigenvalue weighted by molar-refractivity contribution is -0.117. The van der Waals surface area contributed by atoms with Crippen LogP contribution in [-0.2, 0) is 11.2 Å². The van der Waals surface area contributed by atoms with E-state index in [9.17, 15) is 9.59 Å². The van der Waals surface area contributed by atoms with Gasteiger partial charge in [0.15, 0.2) is 11.5 Å². The van der Waals surface area contributed by atoms with Crippen LogP contribution in [0.25, 0.3) is 0 Å². The van der Waals surface area contributed by atoms with E-state index in [1.54, 1.807) is 38.5 Å². The minimum atomic E-state index is -0.157. The van der Waals surface area contributed by atoms with Gasteiger partial charge >= 0.3 is 0 Å². The number of methoxy groups -OCH3 is 2. The summed E-state index contributed by atoms with van der Waals surface area (Å²) in [5.74, 6) is 1.10. The zero-order valence-electron chi connectivity index (χ0n) is 17.5. The molecule has 0 bridgehead atoms. The molecule has 0 heterocycles. The normalized spacial score (nSPS) is 10.5. The smallest absolute Gasteiger partial charge is 0.251 e. The molecule has 0 unspecified atom stereocenters. The van der Waals surface area contributed by atoms with Crippen LogP contribution in [0.4, 0.5) is 5.69 Å². The molecular weight excluding hydrogens is 370 g/mol. The third kappa shape index (κ3) is 6.80. The molecule has 0 saturated carbocycles. The van der Waals surface area contributed by atoms with Crippen LogP contribution in [0.3, 0.4) is 0 Å². The number of nitrogens with zero attached hydrogens (tertiary/aromatic N) is 1. The van der Waals surface area contributed by atoms with Gasteiger partial charge in [-0.15, -0.1) is 0 Å². The highest BCUT2D eigenvalue weighted by Gasteiger charge is 2.10. The van der Waals surface area contributed by atoms with Crippen molar-refractivity contribution in [3.63, 3.8) is 0 Å². The summed E-state index contributed by atoms with van der Waals surface area (Å²) in [6.45, 7) is 3.38. The monoisotopic (exact) mass is 399 g/mol. The molecule has 0 aromatic heterocycles. The number of carbonyl (C=O) groups excluding carboxylic acids is 2. The third-order valence-corrected chi connectivity index (χ3v) is 4.39. The number of likely N-dealkylation sites (N-methyl/N-ethyl adjacent to an activating group) is 1. The Labute approximate surface area is 172 Å². The number of ether oxygens (including phenoxy) is 2. The number of carbonyl (C=O) groups is 2. The second-order valence-corrected chi connectivity index (χ2v) is 6.67. The number of benzene rings is 2. The van der Waals surface area contributed by atoms with Gasteiger partial charge in [0.1, 0.15) is 0 Å². The van der Waals surface area contributed by atoms with E-state index in [1.165, 1.54) is 0 Å². The average Bonchev–Trinajstić information content (AvgIpc) is 2.72. The standard InChI is InChI=1S/C22H29N3O4/c1-5-23-22(27)17-7-6-8-18(14-17)24-21(26)15-25(2)12-11-16-9-10-19(28-3)20(13-16)29-4/h6-10,13-14H,5,11-12,15H2,1-4H3,(H,23,27)(H,24,26). The Morgan fingerprint density at radius 3 is 2.48 bits per heavy atom. The van der Waals surface area contributed by atoms with Crippen molar-refractivity contribution in [2.75, 3.05) is 46.2 Å². The fourth-order valence-corrected chi connectivity index (χ4v) is 2.88. The highest BCUT2D eigenvalue weighted by atomic mass is 16.5. The van der Waals surface area contributed by atoms with Crippen molar-refractivity contribution >= 4 is 17.5 Å². The van der Waals surface area contributed by atoms with Crippen LogP contribution >= 0.6 is 0 Å². The van der Waals surface area contributed by atoms with E-state index in [2.05, 4.69) is 10.6 Å². The van der Waals surface area contributed by atoms with Crippen molar-refractivity contribution in [1.82, 2.24) is 10.2 Å². The van der Waals surface area contributed by atoms with Gasteiger partial charge in [-0.05, 0) is 56.3 Å². The maximum Gasteiger partial charge on any atom is 0.251 e. The Morgan fingerprint density at radius 2 is 1.79 bits per heavy atom. The van der Waals surface area contributed by atoms with E-state index >= 15 is 0 Å². The van der Waals surface area contributed by atoms with Gasteiger partial charge in [-0.25, -0.2) is 0 Å². The van der Waals surface area contributed by atoms with Crippen molar-refractivity contribution in [3.8, 4) is 11.5 Å². The predicted molar refractivity (Wildman–Crippen MR) is 114 cm³/mol. The summed E-state index contributed by atoms with van der Waals surface area (Å²) >= 11 is 0. The van der Waals surface area contributed by atoms with Gasteiger partial charge in [-0.1, -0.05) is 12.1 Å². The molecule has 0 radical (unpaired) electrons. The number of amides is 2. The van der Waals surface area contributed by atoms with Crippen LogP contribution in [0.15, 0.2) is 42.5 Å². The van der Waals surface area contributed by atoms with Crippen molar-refractivity contribution in [1.29, 1.82) is 0 Å². The summed E-state index contributed by atoms with van der Waals surface area (Å²) in [4.78, 5) is 26.2. The maximum atomic E-state index is 12.3. The van der Waals surface area contributed by atoms with Gasteiger partial charge in [0.2, 0.25) is 5.91 Å². The first kappa shape index (κ1) is 22.2. The fourth-order valence-electron chi connectivity index (χ4n) is 2.88. The van der Waals surface area contributed by atoms with Gasteiger partial charge in [-0.3, -0.25) is 14.5 Å². The fraction of sp³-hybridized carbons (Fsp3) is 0.364. The van der Waals surface area contributed by atoms with E-state index in [0.717, 1.165) is 12.0 Å². The lowest BCUT2D eigenvalue weighted by atomic mass is 10.1. The maximum absolute atomic E-state index is 12.3. The van der Waals surface area contributed by atoms with E-state index in [0.29, 0.717) is 35.8 Å². The predicted octanol–water partition coefficient (Wildman–Crippen LogP) is 2.57. The second kappa shape index (κ2) is 11.1. The van der Waals surface area contributed by atoms with Crippen LogP contribution in [0, 0.1) is 0 Å². The zero-order valence-corrected chi connectivity index (χ0v) is 17.5. The van der Waals surface area contributed by atoms with Crippen molar-refractivity contribution in [3.05, 3.63) is 53.6 Å². The van der Waals surface area contributed by atoms with Crippen LogP contribution in [0.2, 0.25) is 0 Å². The van der Waals surface area contributed by atoms with Gasteiger partial charge in [-0.2, -0.15) is 0 Å². The first-order valence-corrected chi connectivity index (χ1v) is 9.54. The average molecular weight is 399 g/mol. The van der Waals surface area contributed by atoms with E-state index in [4.69, 9.17) is 9.47 Å². The molecule has 156 valence electrons. The summed E-state index contributed by atoms with van der Waals surface area (Å²) in [5.41, 5.74) is 2.23. The second-order valence-electron chi connectivity index (χ2n) is 6.67. The molecule has 2 aromatic rings. The molecule has 0 aliphatic heterocycles. The molecule has 2 N–H and O–H groups in total. The zero-order chi connectivity index (χ0) is 21.2. The van der Waals surface area contributed by atoms with Gasteiger partial charge in [0.05, 0.1) is 20.8 Å². The highest BCUT2D eigenvalue weighted by Crippen LogP contribution is 2.27. The number of anilines is 1. The summed E-state index contributed by atoms with van der Waals surface area (Å²) in [7, 11) is 5.11. The lowest BCUT2D eigenvalue weighted by Crippen LogP contribution is -2.31. The van der Waals surface area contributed by atoms with E-state index < -0.39 is 0 Å². The Bertz CT molecular complexity index is 839. The van der Waals surface area contributed by atoms with Crippen LogP contribution < -0.4 is 20.1 Å². The molecule has 2 rings (SSSR count). The van der Waals surface area contributed by atoms with E-state index in [1.807, 2.05) is 37.1 Å². The molecule has 0 fully saturated rings. The molecule has 7 nitrogen and oxygen atoms in total. The third-order valence-electron chi connectivity index (χ3n) is 4.39. The minimum Gasteiger partial charge on any atom is -0.493 e. The Kier molecular flexibility index (Phi) is 8.48. The first-order valence-electron chi connectivity index (χ1n) is 9.54. The summed E-state index contributed by atoms with van der Waals surface area (Å²) < 4.78 is 10.6. The first-order chi connectivity index (χ1) is 14.0. The number of hydrogen-bond donors (Lipinski definition) is 2. The number of hydrogen-bond acceptors (Lipinski definition) is 5. The molecule has 0 saturated heterocycles. The van der Waals surface area contributed by atoms with Crippen LogP contribution in [0.1, 0.15) is 22.8 Å². The largest absolute Gasteiger partial charge is 0.493 e. The molecule has 0 aliphatic rings. The molecular formula is C22H29N3O4. The Morgan fingerprint density at radius 1 is 1.03 bits per heavy atom. The SMILES string of the molecule is CCNC(=O)c1cccc(NC(=O)CN(C)CCc2ccc(OC)c(OC)c2)c1. The van der Waals surface area contributed by atoms with Gasteiger partial charge < -0.3 is 20.1 Å². The molecule has 0 aliphatic carbocycles. The number of nitrogens with one attached hydrogen (secondary N) is 2. The van der Waals surface area contributed by atoms with Crippen molar-refractivity contribution in [2.24, 2.45) is 0 Å². The topological polar surface area (TPSA) is 79.9 Å². The minimum absolute atomic E-state index is 0.132. The number of rotatable bonds is 10. The summed E-state index contributed by atoms with van der Waals surface area (Å²) in [6, 6.07) is 12.7. The van der Waals surface area contributed by atoms with Gasteiger partial charge in [0, 0.05) is 24.3 Å². The van der Waals surface area contributed by atoms with Crippen LogP contribution in [-0.4, -0.2) is 57.6 Å². The quantitative estimate of drug-likeness (QED) is 0.642. The molecule has 7 heteroatoms. The molecule has 2 aromatic carbocycles. The van der Waals surface area contributed by atoms with E-state index in [-0.39, 0.29) is 18.4 Å².